The van der Waals surface area contributed by atoms with E-state index in [0.29, 0.717) is 19.3 Å². The van der Waals surface area contributed by atoms with E-state index in [-0.39, 0.29) is 17.7 Å². The van der Waals surface area contributed by atoms with Crippen molar-refractivity contribution < 1.29 is 19.1 Å². The Hall–Kier alpha value is -1.59. The van der Waals surface area contributed by atoms with Crippen molar-refractivity contribution in [2.75, 3.05) is 7.11 Å². The van der Waals surface area contributed by atoms with Crippen molar-refractivity contribution in [3.63, 3.8) is 0 Å². The average Bonchev–Trinajstić information content (AvgIpc) is 2.73. The van der Waals surface area contributed by atoms with Crippen LogP contribution in [0.1, 0.15) is 33.1 Å². The summed E-state index contributed by atoms with van der Waals surface area (Å²) in [5.41, 5.74) is 0. The van der Waals surface area contributed by atoms with Gasteiger partial charge in [-0.15, -0.1) is 0 Å². The molecule has 1 rings (SSSR count). The van der Waals surface area contributed by atoms with E-state index in [1.165, 1.54) is 7.11 Å². The zero-order chi connectivity index (χ0) is 13.7. The number of amides is 2. The van der Waals surface area contributed by atoms with Crippen LogP contribution in [0.15, 0.2) is 0 Å². The van der Waals surface area contributed by atoms with Crippen LogP contribution in [0.3, 0.4) is 0 Å². The molecule has 1 saturated heterocycles. The Balaban J connectivity index is 2.56. The van der Waals surface area contributed by atoms with Gasteiger partial charge in [-0.1, -0.05) is 13.8 Å². The van der Waals surface area contributed by atoms with Crippen molar-refractivity contribution in [3.8, 4) is 0 Å². The molecule has 1 fully saturated rings. The summed E-state index contributed by atoms with van der Waals surface area (Å²) in [4.78, 5) is 34.4. The summed E-state index contributed by atoms with van der Waals surface area (Å²) in [6.07, 6.45) is 1.34. The van der Waals surface area contributed by atoms with E-state index in [0.717, 1.165) is 0 Å². The van der Waals surface area contributed by atoms with Gasteiger partial charge in [-0.2, -0.15) is 0 Å². The number of hydrogen-bond donors (Lipinski definition) is 2. The predicted octanol–water partition coefficient (Wildman–Crippen LogP) is -0.0311. The van der Waals surface area contributed by atoms with Gasteiger partial charge in [0.15, 0.2) is 0 Å². The molecule has 102 valence electrons. The zero-order valence-corrected chi connectivity index (χ0v) is 11.0. The molecular weight excluding hydrogens is 236 g/mol. The number of methoxy groups -OCH3 is 1. The maximum atomic E-state index is 11.9. The molecule has 6 nitrogen and oxygen atoms in total. The highest BCUT2D eigenvalue weighted by Crippen LogP contribution is 2.10. The number of carbonyl (C=O) groups excluding carboxylic acids is 3. The maximum absolute atomic E-state index is 11.9. The summed E-state index contributed by atoms with van der Waals surface area (Å²) in [6.45, 7) is 3.92. The quantitative estimate of drug-likeness (QED) is 0.676. The van der Waals surface area contributed by atoms with Crippen LogP contribution in [0.4, 0.5) is 0 Å². The van der Waals surface area contributed by atoms with Gasteiger partial charge < -0.3 is 15.4 Å². The largest absolute Gasteiger partial charge is 0.467 e. The fraction of sp³-hybridized carbons (Fsp3) is 0.750. The van der Waals surface area contributed by atoms with E-state index in [1.807, 2.05) is 13.8 Å². The Bertz CT molecular complexity index is 341. The lowest BCUT2D eigenvalue weighted by atomic mass is 10.0. The summed E-state index contributed by atoms with van der Waals surface area (Å²) >= 11 is 0. The Kier molecular flexibility index (Phi) is 5.12. The number of rotatable bonds is 5. The second kappa shape index (κ2) is 6.37. The predicted molar refractivity (Wildman–Crippen MR) is 64.6 cm³/mol. The number of carbonyl (C=O) groups is 3. The second-order valence-corrected chi connectivity index (χ2v) is 4.87. The summed E-state index contributed by atoms with van der Waals surface area (Å²) in [6, 6.07) is -1.18. The van der Waals surface area contributed by atoms with Crippen molar-refractivity contribution in [1.82, 2.24) is 10.6 Å². The van der Waals surface area contributed by atoms with Crippen LogP contribution in [0, 0.1) is 5.92 Å². The molecule has 0 aromatic rings. The Morgan fingerprint density at radius 2 is 2.17 bits per heavy atom. The number of esters is 1. The molecule has 0 aromatic carbocycles. The van der Waals surface area contributed by atoms with Crippen molar-refractivity contribution in [1.29, 1.82) is 0 Å². The Morgan fingerprint density at radius 1 is 1.50 bits per heavy atom. The third-order valence-corrected chi connectivity index (χ3v) is 2.82. The number of hydrogen-bond acceptors (Lipinski definition) is 4. The molecule has 2 amide bonds. The molecule has 0 aliphatic carbocycles. The molecule has 18 heavy (non-hydrogen) atoms. The average molecular weight is 256 g/mol. The van der Waals surface area contributed by atoms with E-state index in [1.54, 1.807) is 0 Å². The third-order valence-electron chi connectivity index (χ3n) is 2.82. The minimum Gasteiger partial charge on any atom is -0.467 e. The summed E-state index contributed by atoms with van der Waals surface area (Å²) in [5, 5.41) is 5.20. The van der Waals surface area contributed by atoms with E-state index in [9.17, 15) is 14.4 Å². The lowest BCUT2D eigenvalue weighted by molar-refractivity contribution is -0.145. The van der Waals surface area contributed by atoms with Crippen molar-refractivity contribution in [3.05, 3.63) is 0 Å². The van der Waals surface area contributed by atoms with Crippen molar-refractivity contribution in [2.24, 2.45) is 5.92 Å². The van der Waals surface area contributed by atoms with Gasteiger partial charge in [0, 0.05) is 6.42 Å². The van der Waals surface area contributed by atoms with Crippen molar-refractivity contribution >= 4 is 17.8 Å². The monoisotopic (exact) mass is 256 g/mol. The first kappa shape index (κ1) is 14.5. The van der Waals surface area contributed by atoms with Gasteiger partial charge in [-0.05, 0) is 18.8 Å². The van der Waals surface area contributed by atoms with Crippen LogP contribution in [-0.2, 0) is 19.1 Å². The molecule has 0 saturated carbocycles. The molecular formula is C12H20N2O4. The molecule has 1 unspecified atom stereocenters. The maximum Gasteiger partial charge on any atom is 0.328 e. The topological polar surface area (TPSA) is 84.5 Å². The van der Waals surface area contributed by atoms with E-state index < -0.39 is 18.1 Å². The van der Waals surface area contributed by atoms with Crippen LogP contribution in [0.25, 0.3) is 0 Å². The first-order chi connectivity index (χ1) is 8.43. The van der Waals surface area contributed by atoms with Gasteiger partial charge in [-0.3, -0.25) is 9.59 Å². The van der Waals surface area contributed by atoms with Crippen LogP contribution in [0.5, 0.6) is 0 Å². The Morgan fingerprint density at radius 3 is 2.61 bits per heavy atom. The van der Waals surface area contributed by atoms with Gasteiger partial charge in [0.25, 0.3) is 0 Å². The molecule has 2 atom stereocenters. The fourth-order valence-electron chi connectivity index (χ4n) is 1.91. The summed E-state index contributed by atoms with van der Waals surface area (Å²) in [7, 11) is 1.29. The van der Waals surface area contributed by atoms with E-state index >= 15 is 0 Å². The van der Waals surface area contributed by atoms with Crippen LogP contribution < -0.4 is 10.6 Å². The highest BCUT2D eigenvalue weighted by atomic mass is 16.5. The molecule has 1 heterocycles. The van der Waals surface area contributed by atoms with Crippen LogP contribution in [-0.4, -0.2) is 37.0 Å². The highest BCUT2D eigenvalue weighted by Gasteiger charge is 2.30. The lowest BCUT2D eigenvalue weighted by Crippen LogP contribution is -2.49. The first-order valence-corrected chi connectivity index (χ1v) is 6.11. The minimum atomic E-state index is -0.653. The van der Waals surface area contributed by atoms with Gasteiger partial charge in [0.05, 0.1) is 7.11 Å². The zero-order valence-electron chi connectivity index (χ0n) is 11.0. The molecule has 0 bridgehead atoms. The summed E-state index contributed by atoms with van der Waals surface area (Å²) < 4.78 is 4.66. The van der Waals surface area contributed by atoms with Gasteiger partial charge >= 0.3 is 5.97 Å². The fourth-order valence-corrected chi connectivity index (χ4v) is 1.91. The highest BCUT2D eigenvalue weighted by molar-refractivity contribution is 5.93. The van der Waals surface area contributed by atoms with E-state index in [2.05, 4.69) is 15.4 Å². The smallest absolute Gasteiger partial charge is 0.328 e. The standard InChI is InChI=1S/C12H20N2O4/c1-7(2)6-9(12(17)18-3)14-11(16)8-4-5-10(15)13-8/h7-9H,4-6H2,1-3H3,(H,13,15)(H,14,16)/t8-,9?/m1/s1. The van der Waals surface area contributed by atoms with E-state index in [4.69, 9.17) is 0 Å². The molecule has 2 N–H and O–H groups in total. The second-order valence-electron chi connectivity index (χ2n) is 4.87. The van der Waals surface area contributed by atoms with Crippen molar-refractivity contribution in [2.45, 2.75) is 45.2 Å². The molecule has 0 aromatic heterocycles. The molecule has 0 spiro atoms. The third kappa shape index (κ3) is 4.01. The lowest BCUT2D eigenvalue weighted by Gasteiger charge is -2.20. The normalized spacial score (nSPS) is 20.4. The first-order valence-electron chi connectivity index (χ1n) is 6.11. The molecule has 1 aliphatic heterocycles. The molecule has 1 aliphatic rings. The summed E-state index contributed by atoms with van der Waals surface area (Å²) in [5.74, 6) is -0.653. The number of nitrogens with one attached hydrogen (secondary N) is 2. The van der Waals surface area contributed by atoms with Gasteiger partial charge in [-0.25, -0.2) is 4.79 Å². The van der Waals surface area contributed by atoms with Crippen LogP contribution >= 0.6 is 0 Å². The SMILES string of the molecule is COC(=O)C(CC(C)C)NC(=O)[C@H]1CCC(=O)N1. The minimum absolute atomic E-state index is 0.131. The molecule has 0 radical (unpaired) electrons. The number of ether oxygens (including phenoxy) is 1. The van der Waals surface area contributed by atoms with Crippen LogP contribution in [0.2, 0.25) is 0 Å². The molecule has 6 heteroatoms. The van der Waals surface area contributed by atoms with Gasteiger partial charge in [0.1, 0.15) is 12.1 Å². The van der Waals surface area contributed by atoms with Gasteiger partial charge in [0.2, 0.25) is 11.8 Å². The Labute approximate surface area is 106 Å².